The van der Waals surface area contributed by atoms with Crippen molar-refractivity contribution in [2.75, 3.05) is 11.5 Å². The van der Waals surface area contributed by atoms with E-state index in [-0.39, 0.29) is 6.10 Å². The van der Waals surface area contributed by atoms with E-state index in [1.807, 2.05) is 18.7 Å². The molecule has 1 atom stereocenters. The van der Waals surface area contributed by atoms with Crippen molar-refractivity contribution in [2.24, 2.45) is 5.92 Å². The summed E-state index contributed by atoms with van der Waals surface area (Å²) < 4.78 is 0. The van der Waals surface area contributed by atoms with Crippen molar-refractivity contribution in [3.05, 3.63) is 0 Å². The first kappa shape index (κ1) is 10.4. The molecule has 1 fully saturated rings. The second kappa shape index (κ2) is 5.87. The van der Waals surface area contributed by atoms with E-state index in [1.165, 1.54) is 31.4 Å². The number of rotatable bonds is 5. The van der Waals surface area contributed by atoms with Crippen molar-refractivity contribution < 1.29 is 5.11 Å². The number of hydrogen-bond donors (Lipinski definition) is 1. The van der Waals surface area contributed by atoms with Crippen molar-refractivity contribution in [3.8, 4) is 0 Å². The van der Waals surface area contributed by atoms with Crippen LogP contribution in [0.5, 0.6) is 0 Å². The van der Waals surface area contributed by atoms with Crippen molar-refractivity contribution >= 4 is 11.8 Å². The zero-order valence-electron chi connectivity index (χ0n) is 7.96. The molecule has 1 saturated carbocycles. The molecule has 1 aliphatic rings. The van der Waals surface area contributed by atoms with Crippen molar-refractivity contribution in [1.29, 1.82) is 0 Å². The molecule has 1 rings (SSSR count). The fourth-order valence-electron chi connectivity index (χ4n) is 1.67. The number of thioether (sulfide) groups is 1. The molecule has 0 aromatic rings. The highest BCUT2D eigenvalue weighted by Gasteiger charge is 2.14. The lowest BCUT2D eigenvalue weighted by Crippen LogP contribution is -2.09. The Balaban J connectivity index is 1.94. The summed E-state index contributed by atoms with van der Waals surface area (Å²) in [6.45, 7) is 2.04. The van der Waals surface area contributed by atoms with Gasteiger partial charge in [0.1, 0.15) is 0 Å². The predicted molar refractivity (Wildman–Crippen MR) is 55.6 cm³/mol. The molecule has 0 saturated heterocycles. The second-order valence-electron chi connectivity index (χ2n) is 3.75. The smallest absolute Gasteiger partial charge is 0.0628 e. The third kappa shape index (κ3) is 3.81. The minimum atomic E-state index is -0.0728. The highest BCUT2D eigenvalue weighted by Crippen LogP contribution is 2.28. The van der Waals surface area contributed by atoms with E-state index in [0.29, 0.717) is 0 Å². The first-order chi connectivity index (χ1) is 5.83. The quantitative estimate of drug-likeness (QED) is 0.716. The van der Waals surface area contributed by atoms with Crippen molar-refractivity contribution in [3.63, 3.8) is 0 Å². The van der Waals surface area contributed by atoms with Crippen LogP contribution in [-0.2, 0) is 0 Å². The summed E-state index contributed by atoms with van der Waals surface area (Å²) in [6, 6.07) is 0. The molecule has 0 aliphatic heterocycles. The fraction of sp³-hybridized carbons (Fsp3) is 1.00. The molecule has 72 valence electrons. The SMILES string of the molecule is CCC(O)CSCC1CCCC1. The minimum absolute atomic E-state index is 0.0728. The van der Waals surface area contributed by atoms with Gasteiger partial charge in [0, 0.05) is 5.75 Å². The summed E-state index contributed by atoms with van der Waals surface area (Å²) in [5.74, 6) is 3.17. The zero-order chi connectivity index (χ0) is 8.81. The average molecular weight is 188 g/mol. The number of hydrogen-bond acceptors (Lipinski definition) is 2. The summed E-state index contributed by atoms with van der Waals surface area (Å²) in [6.07, 6.45) is 6.54. The van der Waals surface area contributed by atoms with Crippen LogP contribution < -0.4 is 0 Å². The standard InChI is InChI=1S/C10H20OS/c1-2-10(11)8-12-7-9-5-3-4-6-9/h9-11H,2-8H2,1H3. The molecule has 1 aliphatic carbocycles. The Morgan fingerprint density at radius 3 is 2.67 bits per heavy atom. The van der Waals surface area contributed by atoms with Gasteiger partial charge in [0.2, 0.25) is 0 Å². The van der Waals surface area contributed by atoms with Crippen LogP contribution >= 0.6 is 11.8 Å². The molecule has 1 N–H and O–H groups in total. The van der Waals surface area contributed by atoms with E-state index >= 15 is 0 Å². The van der Waals surface area contributed by atoms with Crippen LogP contribution in [0.15, 0.2) is 0 Å². The molecule has 0 amide bonds. The summed E-state index contributed by atoms with van der Waals surface area (Å²) in [5.41, 5.74) is 0. The Kier molecular flexibility index (Phi) is 5.08. The highest BCUT2D eigenvalue weighted by atomic mass is 32.2. The first-order valence-electron chi connectivity index (χ1n) is 5.08. The average Bonchev–Trinajstić information content (AvgIpc) is 2.57. The van der Waals surface area contributed by atoms with Gasteiger partial charge in [0.15, 0.2) is 0 Å². The molecular formula is C10H20OS. The Morgan fingerprint density at radius 1 is 1.42 bits per heavy atom. The monoisotopic (exact) mass is 188 g/mol. The topological polar surface area (TPSA) is 20.2 Å². The summed E-state index contributed by atoms with van der Waals surface area (Å²) in [5, 5.41) is 9.31. The Morgan fingerprint density at radius 2 is 2.08 bits per heavy atom. The van der Waals surface area contributed by atoms with Crippen LogP contribution in [-0.4, -0.2) is 22.7 Å². The van der Waals surface area contributed by atoms with Crippen LogP contribution in [0.4, 0.5) is 0 Å². The van der Waals surface area contributed by atoms with Crippen LogP contribution in [0, 0.1) is 5.92 Å². The largest absolute Gasteiger partial charge is 0.392 e. The summed E-state index contributed by atoms with van der Waals surface area (Å²) >= 11 is 1.93. The molecule has 0 aromatic heterocycles. The first-order valence-corrected chi connectivity index (χ1v) is 6.24. The lowest BCUT2D eigenvalue weighted by molar-refractivity contribution is 0.195. The van der Waals surface area contributed by atoms with E-state index < -0.39 is 0 Å². The van der Waals surface area contributed by atoms with E-state index in [2.05, 4.69) is 0 Å². The Labute approximate surface area is 79.9 Å². The fourth-order valence-corrected chi connectivity index (χ4v) is 2.98. The molecule has 1 unspecified atom stereocenters. The van der Waals surface area contributed by atoms with Crippen molar-refractivity contribution in [1.82, 2.24) is 0 Å². The lowest BCUT2D eigenvalue weighted by atomic mass is 10.1. The van der Waals surface area contributed by atoms with E-state index in [0.717, 1.165) is 18.1 Å². The molecule has 1 nitrogen and oxygen atoms in total. The third-order valence-corrected chi connectivity index (χ3v) is 3.94. The maximum absolute atomic E-state index is 9.31. The maximum Gasteiger partial charge on any atom is 0.0628 e. The van der Waals surface area contributed by atoms with Gasteiger partial charge in [0.25, 0.3) is 0 Å². The van der Waals surface area contributed by atoms with Crippen LogP contribution in [0.3, 0.4) is 0 Å². The maximum atomic E-state index is 9.31. The normalized spacial score (nSPS) is 21.5. The Hall–Kier alpha value is 0.310. The third-order valence-electron chi connectivity index (χ3n) is 2.61. The number of aliphatic hydroxyl groups excluding tert-OH is 1. The van der Waals surface area contributed by atoms with Gasteiger partial charge < -0.3 is 5.11 Å². The lowest BCUT2D eigenvalue weighted by Gasteiger charge is -2.10. The van der Waals surface area contributed by atoms with Gasteiger partial charge >= 0.3 is 0 Å². The molecule has 12 heavy (non-hydrogen) atoms. The van der Waals surface area contributed by atoms with Gasteiger partial charge in [0.05, 0.1) is 6.10 Å². The van der Waals surface area contributed by atoms with Crippen LogP contribution in [0.25, 0.3) is 0 Å². The van der Waals surface area contributed by atoms with Crippen LogP contribution in [0.2, 0.25) is 0 Å². The summed E-state index contributed by atoms with van der Waals surface area (Å²) in [4.78, 5) is 0. The van der Waals surface area contributed by atoms with Crippen molar-refractivity contribution in [2.45, 2.75) is 45.1 Å². The Bertz CT molecular complexity index is 110. The molecule has 0 radical (unpaired) electrons. The highest BCUT2D eigenvalue weighted by molar-refractivity contribution is 7.99. The second-order valence-corrected chi connectivity index (χ2v) is 4.82. The molecule has 0 heterocycles. The molecule has 0 aromatic carbocycles. The van der Waals surface area contributed by atoms with Gasteiger partial charge in [-0.1, -0.05) is 19.8 Å². The molecular weight excluding hydrogens is 168 g/mol. The van der Waals surface area contributed by atoms with E-state index in [9.17, 15) is 5.11 Å². The number of aliphatic hydroxyl groups is 1. The molecule has 0 spiro atoms. The van der Waals surface area contributed by atoms with Gasteiger partial charge in [-0.25, -0.2) is 0 Å². The minimum Gasteiger partial charge on any atom is -0.392 e. The van der Waals surface area contributed by atoms with Gasteiger partial charge in [-0.3, -0.25) is 0 Å². The van der Waals surface area contributed by atoms with Gasteiger partial charge in [-0.05, 0) is 30.9 Å². The van der Waals surface area contributed by atoms with Gasteiger partial charge in [-0.2, -0.15) is 11.8 Å². The van der Waals surface area contributed by atoms with E-state index in [4.69, 9.17) is 0 Å². The van der Waals surface area contributed by atoms with Gasteiger partial charge in [-0.15, -0.1) is 0 Å². The molecule has 2 heteroatoms. The zero-order valence-corrected chi connectivity index (χ0v) is 8.78. The predicted octanol–water partition coefficient (Wildman–Crippen LogP) is 2.68. The summed E-state index contributed by atoms with van der Waals surface area (Å²) in [7, 11) is 0. The molecule has 0 bridgehead atoms. The van der Waals surface area contributed by atoms with Crippen LogP contribution in [0.1, 0.15) is 39.0 Å². The van der Waals surface area contributed by atoms with E-state index in [1.54, 1.807) is 0 Å².